The molecule has 3 aromatic rings. The normalized spacial score (nSPS) is 16.4. The Hall–Kier alpha value is -2.72. The summed E-state index contributed by atoms with van der Waals surface area (Å²) in [5.41, 5.74) is -0.623. The summed E-state index contributed by atoms with van der Waals surface area (Å²) in [4.78, 5) is 28.0. The molecule has 4 rings (SSSR count). The average molecular weight is 277 g/mol. The van der Waals surface area contributed by atoms with E-state index in [4.69, 9.17) is 0 Å². The van der Waals surface area contributed by atoms with E-state index in [0.717, 1.165) is 10.9 Å². The average Bonchev–Trinajstić information content (AvgIpc) is 3.03. The lowest BCUT2D eigenvalue weighted by atomic mass is 9.94. The Bertz CT molecular complexity index is 839. The molecule has 102 valence electrons. The molecule has 2 aromatic carbocycles. The number of aliphatic hydroxyl groups is 1. The maximum absolute atomic E-state index is 12.5. The largest absolute Gasteiger partial charge is 0.369 e. The van der Waals surface area contributed by atoms with Crippen molar-refractivity contribution in [1.82, 2.24) is 4.98 Å². The molecule has 4 heteroatoms. The van der Waals surface area contributed by atoms with Crippen LogP contribution < -0.4 is 0 Å². The minimum absolute atomic E-state index is 0.218. The lowest BCUT2D eigenvalue weighted by Gasteiger charge is -2.17. The van der Waals surface area contributed by atoms with Crippen LogP contribution in [0.15, 0.2) is 54.6 Å². The van der Waals surface area contributed by atoms with E-state index < -0.39 is 17.2 Å². The van der Waals surface area contributed by atoms with E-state index in [1.54, 1.807) is 30.3 Å². The van der Waals surface area contributed by atoms with Gasteiger partial charge in [0.15, 0.2) is 0 Å². The monoisotopic (exact) mass is 277 g/mol. The number of aromatic amines is 1. The van der Waals surface area contributed by atoms with Gasteiger partial charge in [-0.15, -0.1) is 0 Å². The van der Waals surface area contributed by atoms with Gasteiger partial charge in [0.2, 0.25) is 17.2 Å². The molecule has 1 aliphatic rings. The summed E-state index contributed by atoms with van der Waals surface area (Å²) >= 11 is 0. The summed E-state index contributed by atoms with van der Waals surface area (Å²) in [5.74, 6) is -1.15. The molecule has 0 bridgehead atoms. The van der Waals surface area contributed by atoms with Crippen LogP contribution in [0.3, 0.4) is 0 Å². The standard InChI is InChI=1S/C17H11NO3/c19-15-11-6-2-3-7-12(11)16(20)17(15,21)14-9-10-5-1-4-8-13(10)18-14/h1-9,18,21H. The molecule has 0 saturated carbocycles. The smallest absolute Gasteiger partial charge is 0.231 e. The van der Waals surface area contributed by atoms with Gasteiger partial charge in [0.05, 0.1) is 5.69 Å². The van der Waals surface area contributed by atoms with Crippen molar-refractivity contribution < 1.29 is 14.7 Å². The van der Waals surface area contributed by atoms with Gasteiger partial charge < -0.3 is 10.1 Å². The molecular formula is C17H11NO3. The van der Waals surface area contributed by atoms with E-state index in [2.05, 4.69) is 4.98 Å². The number of fused-ring (bicyclic) bond motifs is 2. The van der Waals surface area contributed by atoms with Crippen LogP contribution in [0.5, 0.6) is 0 Å². The van der Waals surface area contributed by atoms with E-state index in [-0.39, 0.29) is 16.8 Å². The summed E-state index contributed by atoms with van der Waals surface area (Å²) in [7, 11) is 0. The number of para-hydroxylation sites is 1. The van der Waals surface area contributed by atoms with Gasteiger partial charge >= 0.3 is 0 Å². The van der Waals surface area contributed by atoms with Crippen molar-refractivity contribution in [2.24, 2.45) is 0 Å². The maximum Gasteiger partial charge on any atom is 0.231 e. The number of rotatable bonds is 1. The van der Waals surface area contributed by atoms with Crippen molar-refractivity contribution in [2.75, 3.05) is 0 Å². The van der Waals surface area contributed by atoms with Gasteiger partial charge in [-0.3, -0.25) is 9.59 Å². The Kier molecular flexibility index (Phi) is 2.24. The summed E-state index contributed by atoms with van der Waals surface area (Å²) < 4.78 is 0. The van der Waals surface area contributed by atoms with Crippen LogP contribution in [-0.4, -0.2) is 21.7 Å². The number of hydrogen-bond donors (Lipinski definition) is 2. The molecule has 0 unspecified atom stereocenters. The first-order valence-corrected chi connectivity index (χ1v) is 6.61. The molecule has 2 N–H and O–H groups in total. The fourth-order valence-electron chi connectivity index (χ4n) is 2.88. The third kappa shape index (κ3) is 1.42. The van der Waals surface area contributed by atoms with E-state index in [1.165, 1.54) is 0 Å². The van der Waals surface area contributed by atoms with E-state index in [0.29, 0.717) is 0 Å². The highest BCUT2D eigenvalue weighted by atomic mass is 16.3. The number of ketones is 2. The molecule has 21 heavy (non-hydrogen) atoms. The number of hydrogen-bond acceptors (Lipinski definition) is 3. The van der Waals surface area contributed by atoms with Gasteiger partial charge in [-0.1, -0.05) is 42.5 Å². The summed E-state index contributed by atoms with van der Waals surface area (Å²) in [6.45, 7) is 0. The Labute approximate surface area is 120 Å². The zero-order valence-corrected chi connectivity index (χ0v) is 11.0. The number of benzene rings is 2. The highest BCUT2D eigenvalue weighted by Gasteiger charge is 2.54. The van der Waals surface area contributed by atoms with Crippen LogP contribution in [0.1, 0.15) is 26.4 Å². The Morgan fingerprint density at radius 2 is 1.43 bits per heavy atom. The van der Waals surface area contributed by atoms with Crippen molar-refractivity contribution in [1.29, 1.82) is 0 Å². The summed E-state index contributed by atoms with van der Waals surface area (Å²) in [6, 6.07) is 15.5. The van der Waals surface area contributed by atoms with E-state index in [9.17, 15) is 14.7 Å². The summed E-state index contributed by atoms with van der Waals surface area (Å²) in [6.07, 6.45) is 0. The predicted molar refractivity (Wildman–Crippen MR) is 77.3 cm³/mol. The number of H-pyrrole nitrogens is 1. The molecule has 0 spiro atoms. The lowest BCUT2D eigenvalue weighted by molar-refractivity contribution is 0.0309. The molecule has 1 heterocycles. The minimum Gasteiger partial charge on any atom is -0.369 e. The maximum atomic E-state index is 12.5. The second kappa shape index (κ2) is 3.90. The molecule has 0 fully saturated rings. The quantitative estimate of drug-likeness (QED) is 0.671. The highest BCUT2D eigenvalue weighted by molar-refractivity contribution is 6.31. The van der Waals surface area contributed by atoms with E-state index >= 15 is 0 Å². The molecule has 0 atom stereocenters. The van der Waals surface area contributed by atoms with Crippen molar-refractivity contribution in [2.45, 2.75) is 5.60 Å². The lowest BCUT2D eigenvalue weighted by Crippen LogP contribution is -2.38. The van der Waals surface area contributed by atoms with Crippen LogP contribution in [-0.2, 0) is 5.60 Å². The molecule has 0 saturated heterocycles. The van der Waals surface area contributed by atoms with Gasteiger partial charge in [-0.2, -0.15) is 0 Å². The van der Waals surface area contributed by atoms with Crippen molar-refractivity contribution in [3.05, 3.63) is 71.4 Å². The zero-order chi connectivity index (χ0) is 14.6. The SMILES string of the molecule is O=C1c2ccccc2C(=O)C1(O)c1cc2ccccc2[nH]1. The van der Waals surface area contributed by atoms with Gasteiger partial charge in [-0.25, -0.2) is 0 Å². The molecular weight excluding hydrogens is 266 g/mol. The fraction of sp³-hybridized carbons (Fsp3) is 0.0588. The van der Waals surface area contributed by atoms with Crippen LogP contribution in [0.4, 0.5) is 0 Å². The van der Waals surface area contributed by atoms with Crippen LogP contribution in [0.25, 0.3) is 10.9 Å². The number of nitrogens with one attached hydrogen (secondary N) is 1. The molecule has 4 nitrogen and oxygen atoms in total. The minimum atomic E-state index is -2.15. The predicted octanol–water partition coefficient (Wildman–Crippen LogP) is 2.43. The van der Waals surface area contributed by atoms with Gasteiger partial charge in [0.1, 0.15) is 0 Å². The zero-order valence-electron chi connectivity index (χ0n) is 11.0. The Morgan fingerprint density at radius 3 is 2.05 bits per heavy atom. The van der Waals surface area contributed by atoms with Gasteiger partial charge in [0, 0.05) is 16.6 Å². The Morgan fingerprint density at radius 1 is 0.857 bits per heavy atom. The first-order valence-electron chi connectivity index (χ1n) is 6.61. The number of aromatic nitrogens is 1. The van der Waals surface area contributed by atoms with Crippen molar-refractivity contribution in [3.8, 4) is 0 Å². The van der Waals surface area contributed by atoms with Crippen LogP contribution >= 0.6 is 0 Å². The third-order valence-corrected chi connectivity index (χ3v) is 3.99. The topological polar surface area (TPSA) is 70.2 Å². The summed E-state index contributed by atoms with van der Waals surface area (Å²) in [5, 5.41) is 11.6. The van der Waals surface area contributed by atoms with Crippen molar-refractivity contribution in [3.63, 3.8) is 0 Å². The molecule has 0 radical (unpaired) electrons. The molecule has 1 aromatic heterocycles. The number of Topliss-reactive ketones (excluding diaryl/α,β-unsaturated/α-hetero) is 2. The van der Waals surface area contributed by atoms with Crippen LogP contribution in [0, 0.1) is 0 Å². The number of carbonyl (C=O) groups excluding carboxylic acids is 2. The molecule has 1 aliphatic carbocycles. The van der Waals surface area contributed by atoms with E-state index in [1.807, 2.05) is 24.3 Å². The van der Waals surface area contributed by atoms with Crippen molar-refractivity contribution >= 4 is 22.5 Å². The highest BCUT2D eigenvalue weighted by Crippen LogP contribution is 2.38. The first-order chi connectivity index (χ1) is 10.1. The Balaban J connectivity index is 1.96. The fourth-order valence-corrected chi connectivity index (χ4v) is 2.88. The third-order valence-electron chi connectivity index (χ3n) is 3.99. The van der Waals surface area contributed by atoms with Gasteiger partial charge in [0.25, 0.3) is 0 Å². The van der Waals surface area contributed by atoms with Gasteiger partial charge in [-0.05, 0) is 17.5 Å². The molecule has 0 amide bonds. The number of carbonyl (C=O) groups is 2. The van der Waals surface area contributed by atoms with Crippen LogP contribution in [0.2, 0.25) is 0 Å². The second-order valence-corrected chi connectivity index (χ2v) is 5.18. The second-order valence-electron chi connectivity index (χ2n) is 5.18. The molecule has 0 aliphatic heterocycles. The first kappa shape index (κ1) is 12.1.